The molecular weight excluding hydrogens is 578 g/mol. The van der Waals surface area contributed by atoms with Gasteiger partial charge in [0.25, 0.3) is 0 Å². The van der Waals surface area contributed by atoms with E-state index >= 15 is 0 Å². The van der Waals surface area contributed by atoms with E-state index in [0.29, 0.717) is 50.9 Å². The molecule has 1 aromatic heterocycles. The molecule has 2 aromatic carbocycles. The van der Waals surface area contributed by atoms with Crippen LogP contribution in [0.4, 0.5) is 8.78 Å². The number of halogens is 2. The van der Waals surface area contributed by atoms with Crippen LogP contribution in [-0.4, -0.2) is 71.7 Å². The Morgan fingerprint density at radius 1 is 1.00 bits per heavy atom. The molecule has 3 heterocycles. The third-order valence-corrected chi connectivity index (χ3v) is 8.86. The van der Waals surface area contributed by atoms with Crippen molar-refractivity contribution in [3.8, 4) is 11.3 Å². The Kier molecular flexibility index (Phi) is 7.89. The Labute approximate surface area is 251 Å². The molecule has 1 spiro atoms. The molecule has 0 radical (unpaired) electrons. The summed E-state index contributed by atoms with van der Waals surface area (Å²) in [6.45, 7) is 2.05. The van der Waals surface area contributed by atoms with E-state index in [0.717, 1.165) is 0 Å². The molecule has 2 aliphatic heterocycles. The topological polar surface area (TPSA) is 125 Å². The number of hydrogen-bond acceptors (Lipinski definition) is 10. The molecule has 44 heavy (non-hydrogen) atoms. The van der Waals surface area contributed by atoms with Crippen LogP contribution in [0.1, 0.15) is 58.6 Å². The Morgan fingerprint density at radius 2 is 1.68 bits per heavy atom. The number of rotatable bonds is 9. The molecule has 3 aromatic rings. The maximum absolute atomic E-state index is 14.7. The lowest BCUT2D eigenvalue weighted by Gasteiger charge is -2.44. The van der Waals surface area contributed by atoms with Crippen LogP contribution in [0.3, 0.4) is 0 Å². The number of fused-ring (bicyclic) bond motifs is 1. The van der Waals surface area contributed by atoms with E-state index < -0.39 is 34.9 Å². The number of esters is 2. The summed E-state index contributed by atoms with van der Waals surface area (Å²) in [5.74, 6) is -6.44. The highest BCUT2D eigenvalue weighted by Gasteiger charge is 2.70. The van der Waals surface area contributed by atoms with Gasteiger partial charge in [0.15, 0.2) is 11.5 Å². The maximum Gasteiger partial charge on any atom is 0.421 e. The summed E-state index contributed by atoms with van der Waals surface area (Å²) in [4.78, 5) is 53.8. The van der Waals surface area contributed by atoms with E-state index in [-0.39, 0.29) is 52.9 Å². The van der Waals surface area contributed by atoms with E-state index in [4.69, 9.17) is 18.7 Å². The summed E-state index contributed by atoms with van der Waals surface area (Å²) in [5, 5.41) is 3.95. The van der Waals surface area contributed by atoms with Crippen molar-refractivity contribution in [2.24, 2.45) is 5.92 Å². The van der Waals surface area contributed by atoms with Gasteiger partial charge in [-0.1, -0.05) is 17.3 Å². The van der Waals surface area contributed by atoms with Crippen LogP contribution in [0.25, 0.3) is 11.3 Å². The molecule has 0 saturated carbocycles. The van der Waals surface area contributed by atoms with Crippen molar-refractivity contribution in [2.45, 2.75) is 49.9 Å². The molecule has 10 nitrogen and oxygen atoms in total. The van der Waals surface area contributed by atoms with Crippen molar-refractivity contribution in [1.29, 1.82) is 0 Å². The van der Waals surface area contributed by atoms with Gasteiger partial charge in [-0.05, 0) is 88.1 Å². The third-order valence-electron chi connectivity index (χ3n) is 8.86. The fourth-order valence-electron chi connectivity index (χ4n) is 6.52. The molecule has 0 amide bonds. The number of methoxy groups -OCH3 is 1. The zero-order valence-electron chi connectivity index (χ0n) is 24.0. The van der Waals surface area contributed by atoms with Crippen LogP contribution in [0.5, 0.6) is 0 Å². The number of aromatic nitrogens is 1. The number of ketones is 2. The number of unbranched alkanes of at least 4 members (excludes halogenated alkanes) is 1. The lowest BCUT2D eigenvalue weighted by molar-refractivity contribution is -0.256. The molecular formula is C32H30F2N2O8. The van der Waals surface area contributed by atoms with Crippen LogP contribution in [0.15, 0.2) is 53.1 Å². The highest BCUT2D eigenvalue weighted by molar-refractivity contribution is 6.31. The molecule has 2 fully saturated rings. The number of Topliss-reactive ketones (excluding diaryl/α,β-unsaturated/α-hetero) is 2. The maximum atomic E-state index is 14.7. The van der Waals surface area contributed by atoms with Crippen molar-refractivity contribution in [2.75, 3.05) is 26.7 Å². The van der Waals surface area contributed by atoms with Gasteiger partial charge in [-0.25, -0.2) is 18.4 Å². The summed E-state index contributed by atoms with van der Waals surface area (Å²) in [6.07, 6.45) is 2.05. The zero-order chi connectivity index (χ0) is 31.1. The number of likely N-dealkylation sites (tertiary alicyclic amines) is 1. The van der Waals surface area contributed by atoms with E-state index in [2.05, 4.69) is 10.1 Å². The zero-order valence-corrected chi connectivity index (χ0v) is 24.0. The first-order valence-electron chi connectivity index (χ1n) is 14.5. The van der Waals surface area contributed by atoms with Gasteiger partial charge in [0.05, 0.1) is 12.0 Å². The van der Waals surface area contributed by atoms with Crippen LogP contribution in [-0.2, 0) is 30.2 Å². The fraction of sp³-hybridized carbons (Fsp3) is 0.406. The number of nitrogens with zero attached hydrogens (tertiary/aromatic N) is 2. The standard InChI is InChI=1S/C32H30F2N2O8/c1-41-31(14-4-5-15-36-16-12-20(13-17-36)27(37)19-8-10-21(33)11-9-19)28(38)25-24(18-32(31)42-29(39)30(40)43-32)44-35-26(25)22-6-2-3-7-23(22)34/h2-3,6-11,20H,4-5,12-18H2,1H3. The van der Waals surface area contributed by atoms with Gasteiger partial charge < -0.3 is 23.6 Å². The number of piperidine rings is 1. The van der Waals surface area contributed by atoms with Crippen LogP contribution in [0, 0.1) is 17.6 Å². The summed E-state index contributed by atoms with van der Waals surface area (Å²) in [5.41, 5.74) is -1.42. The molecule has 12 heteroatoms. The van der Waals surface area contributed by atoms with E-state index in [1.807, 2.05) is 0 Å². The molecule has 0 N–H and O–H groups in total. The minimum absolute atomic E-state index is 0.0105. The first-order chi connectivity index (χ1) is 21.2. The lowest BCUT2D eigenvalue weighted by atomic mass is 9.73. The second-order valence-corrected chi connectivity index (χ2v) is 11.3. The fourth-order valence-corrected chi connectivity index (χ4v) is 6.52. The largest absolute Gasteiger partial charge is 0.421 e. The summed E-state index contributed by atoms with van der Waals surface area (Å²) >= 11 is 0. The van der Waals surface area contributed by atoms with E-state index in [1.165, 1.54) is 49.6 Å². The van der Waals surface area contributed by atoms with Crippen LogP contribution < -0.4 is 0 Å². The SMILES string of the molecule is COC1(CCCCN2CCC(C(=O)c3ccc(F)cc3)CC2)C(=O)c2c(-c3ccccc3F)noc2CC12OC(=O)C(=O)O2. The Balaban J connectivity index is 1.16. The van der Waals surface area contributed by atoms with Gasteiger partial charge in [-0.15, -0.1) is 0 Å². The number of carbonyl (C=O) groups excluding carboxylic acids is 4. The molecule has 2 saturated heterocycles. The van der Waals surface area contributed by atoms with E-state index in [1.54, 1.807) is 6.07 Å². The molecule has 3 aliphatic rings. The normalized spacial score (nSPS) is 21.8. The first-order valence-corrected chi connectivity index (χ1v) is 14.5. The minimum Gasteiger partial charge on any atom is -0.410 e. The molecule has 1 atom stereocenters. The molecule has 0 bridgehead atoms. The monoisotopic (exact) mass is 608 g/mol. The van der Waals surface area contributed by atoms with Crippen LogP contribution in [0.2, 0.25) is 0 Å². The smallest absolute Gasteiger partial charge is 0.410 e. The summed E-state index contributed by atoms with van der Waals surface area (Å²) in [6, 6.07) is 11.4. The number of carbonyl (C=O) groups is 4. The minimum atomic E-state index is -2.11. The van der Waals surface area contributed by atoms with Gasteiger partial charge in [0.1, 0.15) is 17.3 Å². The van der Waals surface area contributed by atoms with Crippen LogP contribution >= 0.6 is 0 Å². The van der Waals surface area contributed by atoms with Gasteiger partial charge in [0, 0.05) is 24.2 Å². The average molecular weight is 609 g/mol. The van der Waals surface area contributed by atoms with Gasteiger partial charge >= 0.3 is 17.7 Å². The molecule has 230 valence electrons. The first kappa shape index (κ1) is 29.8. The molecule has 1 aliphatic carbocycles. The van der Waals surface area contributed by atoms with Crippen molar-refractivity contribution in [3.63, 3.8) is 0 Å². The van der Waals surface area contributed by atoms with Crippen molar-refractivity contribution in [1.82, 2.24) is 10.1 Å². The summed E-state index contributed by atoms with van der Waals surface area (Å²) in [7, 11) is 1.27. The molecule has 1 unspecified atom stereocenters. The lowest BCUT2D eigenvalue weighted by Crippen LogP contribution is -2.65. The number of hydrogen-bond donors (Lipinski definition) is 0. The Bertz CT molecular complexity index is 1600. The Hall–Kier alpha value is -4.29. The van der Waals surface area contributed by atoms with E-state index in [9.17, 15) is 28.0 Å². The quantitative estimate of drug-likeness (QED) is 0.150. The van der Waals surface area contributed by atoms with Gasteiger partial charge in [-0.3, -0.25) is 9.59 Å². The highest BCUT2D eigenvalue weighted by Crippen LogP contribution is 2.49. The van der Waals surface area contributed by atoms with Gasteiger partial charge in [-0.2, -0.15) is 0 Å². The second kappa shape index (κ2) is 11.7. The third kappa shape index (κ3) is 5.01. The average Bonchev–Trinajstić information content (AvgIpc) is 3.57. The second-order valence-electron chi connectivity index (χ2n) is 11.3. The highest BCUT2D eigenvalue weighted by atomic mass is 19.1. The van der Waals surface area contributed by atoms with Gasteiger partial charge in [0.2, 0.25) is 11.4 Å². The summed E-state index contributed by atoms with van der Waals surface area (Å²) < 4.78 is 50.0. The number of benzene rings is 2. The van der Waals surface area contributed by atoms with Crippen molar-refractivity contribution < 1.29 is 46.7 Å². The molecule has 6 rings (SSSR count). The predicted octanol–water partition coefficient (Wildman–Crippen LogP) is 4.31. The predicted molar refractivity (Wildman–Crippen MR) is 148 cm³/mol. The number of ether oxygens (including phenoxy) is 3. The van der Waals surface area contributed by atoms with Crippen molar-refractivity contribution >= 4 is 23.5 Å². The Morgan fingerprint density at radius 3 is 2.34 bits per heavy atom. The van der Waals surface area contributed by atoms with Crippen molar-refractivity contribution in [3.05, 3.63) is 77.1 Å².